The molecule has 0 saturated carbocycles. The molecule has 108 valence electrons. The number of rotatable bonds is 5. The summed E-state index contributed by atoms with van der Waals surface area (Å²) in [6, 6.07) is 7.88. The largest absolute Gasteiger partial charge is 0.369 e. The summed E-state index contributed by atoms with van der Waals surface area (Å²) in [7, 11) is 4.16. The maximum Gasteiger partial charge on any atom is 0.224 e. The van der Waals surface area contributed by atoms with Crippen LogP contribution >= 0.6 is 11.6 Å². The third-order valence-electron chi connectivity index (χ3n) is 3.05. The van der Waals surface area contributed by atoms with Crippen LogP contribution in [0.2, 0.25) is 5.28 Å². The van der Waals surface area contributed by atoms with Gasteiger partial charge in [-0.1, -0.05) is 26.0 Å². The number of hydrogen-bond donors (Lipinski definition) is 1. The van der Waals surface area contributed by atoms with Crippen LogP contribution in [0, 0.1) is 5.41 Å². The Hall–Kier alpha value is -1.39. The molecule has 0 bridgehead atoms. The van der Waals surface area contributed by atoms with E-state index in [-0.39, 0.29) is 10.7 Å². The van der Waals surface area contributed by atoms with E-state index in [0.717, 1.165) is 29.8 Å². The van der Waals surface area contributed by atoms with E-state index >= 15 is 0 Å². The number of halogens is 1. The lowest BCUT2D eigenvalue weighted by atomic mass is 9.93. The molecule has 0 radical (unpaired) electrons. The third kappa shape index (κ3) is 3.81. The highest BCUT2D eigenvalue weighted by molar-refractivity contribution is 6.28. The summed E-state index contributed by atoms with van der Waals surface area (Å²) in [6.45, 7) is 6.27. The molecule has 0 aliphatic heterocycles. The molecule has 2 aromatic rings. The third-order valence-corrected chi connectivity index (χ3v) is 3.22. The SMILES string of the molecule is CN(C)CC(C)(C)CNc1nc(Cl)nc2ccccc12. The smallest absolute Gasteiger partial charge is 0.224 e. The molecule has 2 rings (SSSR count). The van der Waals surface area contributed by atoms with Gasteiger partial charge in [-0.3, -0.25) is 0 Å². The van der Waals surface area contributed by atoms with E-state index in [2.05, 4.69) is 48.1 Å². The molecular weight excluding hydrogens is 272 g/mol. The summed E-state index contributed by atoms with van der Waals surface area (Å²) in [5.74, 6) is 0.799. The topological polar surface area (TPSA) is 41.0 Å². The van der Waals surface area contributed by atoms with Crippen molar-refractivity contribution in [2.24, 2.45) is 5.41 Å². The van der Waals surface area contributed by atoms with E-state index in [0.29, 0.717) is 0 Å². The van der Waals surface area contributed by atoms with Crippen molar-refractivity contribution in [3.63, 3.8) is 0 Å². The van der Waals surface area contributed by atoms with Crippen molar-refractivity contribution >= 4 is 28.3 Å². The van der Waals surface area contributed by atoms with Gasteiger partial charge in [0.1, 0.15) is 5.82 Å². The number of benzene rings is 1. The van der Waals surface area contributed by atoms with E-state index in [4.69, 9.17) is 11.6 Å². The molecule has 0 amide bonds. The average molecular weight is 293 g/mol. The summed E-state index contributed by atoms with van der Waals surface area (Å²) in [6.07, 6.45) is 0. The molecule has 0 unspecified atom stereocenters. The van der Waals surface area contributed by atoms with Crippen LogP contribution in [-0.4, -0.2) is 42.1 Å². The Morgan fingerprint density at radius 1 is 1.20 bits per heavy atom. The average Bonchev–Trinajstić information content (AvgIpc) is 2.34. The molecular formula is C15H21ClN4. The van der Waals surface area contributed by atoms with Crippen LogP contribution in [0.25, 0.3) is 10.9 Å². The van der Waals surface area contributed by atoms with Gasteiger partial charge in [-0.15, -0.1) is 0 Å². The van der Waals surface area contributed by atoms with Crippen molar-refractivity contribution in [1.29, 1.82) is 0 Å². The first-order valence-corrected chi connectivity index (χ1v) is 7.06. The van der Waals surface area contributed by atoms with E-state index in [1.807, 2.05) is 24.3 Å². The number of para-hydroxylation sites is 1. The summed E-state index contributed by atoms with van der Waals surface area (Å²) >= 11 is 5.99. The normalized spacial score (nSPS) is 12.1. The zero-order valence-electron chi connectivity index (χ0n) is 12.4. The first-order chi connectivity index (χ1) is 9.37. The Morgan fingerprint density at radius 2 is 1.90 bits per heavy atom. The number of anilines is 1. The Kier molecular flexibility index (Phi) is 4.45. The van der Waals surface area contributed by atoms with E-state index in [9.17, 15) is 0 Å². The van der Waals surface area contributed by atoms with Crippen LogP contribution in [0.15, 0.2) is 24.3 Å². The van der Waals surface area contributed by atoms with Crippen molar-refractivity contribution in [1.82, 2.24) is 14.9 Å². The molecule has 0 aliphatic rings. The number of fused-ring (bicyclic) bond motifs is 1. The van der Waals surface area contributed by atoms with Gasteiger partial charge in [0, 0.05) is 18.5 Å². The van der Waals surface area contributed by atoms with Crippen LogP contribution in [-0.2, 0) is 0 Å². The minimum atomic E-state index is 0.141. The van der Waals surface area contributed by atoms with Crippen LogP contribution in [0.1, 0.15) is 13.8 Å². The summed E-state index contributed by atoms with van der Waals surface area (Å²) in [5.41, 5.74) is 1.00. The second kappa shape index (κ2) is 5.94. The van der Waals surface area contributed by atoms with Crippen molar-refractivity contribution in [2.75, 3.05) is 32.5 Å². The number of nitrogens with zero attached hydrogens (tertiary/aromatic N) is 3. The molecule has 20 heavy (non-hydrogen) atoms. The van der Waals surface area contributed by atoms with E-state index < -0.39 is 0 Å². The van der Waals surface area contributed by atoms with Gasteiger partial charge in [0.05, 0.1) is 5.52 Å². The number of nitrogens with one attached hydrogen (secondary N) is 1. The van der Waals surface area contributed by atoms with Crippen LogP contribution in [0.5, 0.6) is 0 Å². The highest BCUT2D eigenvalue weighted by atomic mass is 35.5. The highest BCUT2D eigenvalue weighted by Crippen LogP contribution is 2.24. The molecule has 0 spiro atoms. The fraction of sp³-hybridized carbons (Fsp3) is 0.467. The lowest BCUT2D eigenvalue weighted by Crippen LogP contribution is -2.34. The van der Waals surface area contributed by atoms with Gasteiger partial charge in [0.25, 0.3) is 0 Å². The number of hydrogen-bond acceptors (Lipinski definition) is 4. The van der Waals surface area contributed by atoms with Gasteiger partial charge < -0.3 is 10.2 Å². The first-order valence-electron chi connectivity index (χ1n) is 6.68. The standard InChI is InChI=1S/C15H21ClN4/c1-15(2,10-20(3)4)9-17-13-11-7-5-6-8-12(11)18-14(16)19-13/h5-8H,9-10H2,1-4H3,(H,17,18,19). The fourth-order valence-electron chi connectivity index (χ4n) is 2.42. The first kappa shape index (κ1) is 15.0. The van der Waals surface area contributed by atoms with Gasteiger partial charge in [-0.05, 0) is 43.2 Å². The Labute approximate surface area is 125 Å². The van der Waals surface area contributed by atoms with Crippen molar-refractivity contribution in [3.8, 4) is 0 Å². The zero-order chi connectivity index (χ0) is 14.8. The maximum absolute atomic E-state index is 5.99. The minimum Gasteiger partial charge on any atom is -0.369 e. The minimum absolute atomic E-state index is 0.141. The zero-order valence-corrected chi connectivity index (χ0v) is 13.2. The molecule has 0 aliphatic carbocycles. The number of aromatic nitrogens is 2. The fourth-order valence-corrected chi connectivity index (χ4v) is 2.59. The Bertz CT molecular complexity index is 595. The van der Waals surface area contributed by atoms with Crippen molar-refractivity contribution in [3.05, 3.63) is 29.5 Å². The predicted octanol–water partition coefficient (Wildman–Crippen LogP) is 3.28. The monoisotopic (exact) mass is 292 g/mol. The van der Waals surface area contributed by atoms with Crippen LogP contribution < -0.4 is 5.32 Å². The quantitative estimate of drug-likeness (QED) is 0.859. The predicted molar refractivity (Wildman–Crippen MR) is 85.4 cm³/mol. The second-order valence-electron chi connectivity index (χ2n) is 6.11. The van der Waals surface area contributed by atoms with Crippen molar-refractivity contribution < 1.29 is 0 Å². The van der Waals surface area contributed by atoms with Gasteiger partial charge in [-0.25, -0.2) is 9.97 Å². The second-order valence-corrected chi connectivity index (χ2v) is 6.45. The summed E-state index contributed by atoms with van der Waals surface area (Å²) < 4.78 is 0. The van der Waals surface area contributed by atoms with Crippen molar-refractivity contribution in [2.45, 2.75) is 13.8 Å². The van der Waals surface area contributed by atoms with Gasteiger partial charge in [-0.2, -0.15) is 0 Å². The van der Waals surface area contributed by atoms with E-state index in [1.54, 1.807) is 0 Å². The Morgan fingerprint density at radius 3 is 2.60 bits per heavy atom. The summed E-state index contributed by atoms with van der Waals surface area (Å²) in [4.78, 5) is 10.7. The molecule has 5 heteroatoms. The molecule has 0 atom stereocenters. The van der Waals surface area contributed by atoms with Crippen LogP contribution in [0.3, 0.4) is 0 Å². The Balaban J connectivity index is 2.21. The maximum atomic E-state index is 5.99. The summed E-state index contributed by atoms with van der Waals surface area (Å²) in [5, 5.41) is 4.68. The lowest BCUT2D eigenvalue weighted by molar-refractivity contribution is 0.254. The molecule has 1 aromatic heterocycles. The molecule has 1 N–H and O–H groups in total. The molecule has 1 aromatic carbocycles. The molecule has 0 saturated heterocycles. The lowest BCUT2D eigenvalue weighted by Gasteiger charge is -2.28. The van der Waals surface area contributed by atoms with E-state index in [1.165, 1.54) is 0 Å². The highest BCUT2D eigenvalue weighted by Gasteiger charge is 2.19. The van der Waals surface area contributed by atoms with Gasteiger partial charge >= 0.3 is 0 Å². The molecule has 1 heterocycles. The molecule has 4 nitrogen and oxygen atoms in total. The van der Waals surface area contributed by atoms with Gasteiger partial charge in [0.2, 0.25) is 5.28 Å². The molecule has 0 fully saturated rings. The van der Waals surface area contributed by atoms with Gasteiger partial charge in [0.15, 0.2) is 0 Å². The van der Waals surface area contributed by atoms with Crippen LogP contribution in [0.4, 0.5) is 5.82 Å².